The molecule has 19 heavy (non-hydrogen) atoms. The van der Waals surface area contributed by atoms with Gasteiger partial charge in [-0.05, 0) is 55.3 Å². The minimum absolute atomic E-state index is 0.312. The summed E-state index contributed by atoms with van der Waals surface area (Å²) in [6, 6.07) is 10.8. The molecular weight excluding hydrogens is 262 g/mol. The first-order valence-electron chi connectivity index (χ1n) is 5.84. The molecule has 0 radical (unpaired) electrons. The average Bonchev–Trinajstić information content (AvgIpc) is 2.33. The number of benzene rings is 2. The molecule has 0 saturated carbocycles. The Hall–Kier alpha value is -2.00. The van der Waals surface area contributed by atoms with Crippen molar-refractivity contribution < 1.29 is 9.90 Å². The molecule has 0 aliphatic heterocycles. The Balaban J connectivity index is 2.26. The number of carbonyl (C=O) groups is 1. The number of carboxylic acid groups (broad SMARTS) is 1. The molecule has 0 heterocycles. The zero-order valence-corrected chi connectivity index (χ0v) is 11.5. The van der Waals surface area contributed by atoms with Gasteiger partial charge < -0.3 is 10.4 Å². The van der Waals surface area contributed by atoms with E-state index in [1.165, 1.54) is 0 Å². The van der Waals surface area contributed by atoms with Gasteiger partial charge in [0.05, 0.1) is 5.56 Å². The molecule has 0 spiro atoms. The molecule has 0 amide bonds. The van der Waals surface area contributed by atoms with Crippen LogP contribution in [0.4, 0.5) is 11.4 Å². The third-order valence-corrected chi connectivity index (χ3v) is 3.32. The smallest absolute Gasteiger partial charge is 0.335 e. The van der Waals surface area contributed by atoms with E-state index < -0.39 is 5.97 Å². The summed E-state index contributed by atoms with van der Waals surface area (Å²) < 4.78 is 0. The van der Waals surface area contributed by atoms with Crippen LogP contribution in [-0.2, 0) is 0 Å². The maximum Gasteiger partial charge on any atom is 0.335 e. The lowest BCUT2D eigenvalue weighted by Crippen LogP contribution is -2.00. The van der Waals surface area contributed by atoms with Gasteiger partial charge in [-0.2, -0.15) is 0 Å². The molecule has 0 saturated heterocycles. The number of nitrogens with one attached hydrogen (secondary N) is 1. The van der Waals surface area contributed by atoms with Crippen molar-refractivity contribution in [2.24, 2.45) is 0 Å². The summed E-state index contributed by atoms with van der Waals surface area (Å²) >= 11 is 6.06. The zero-order chi connectivity index (χ0) is 14.0. The van der Waals surface area contributed by atoms with Gasteiger partial charge in [0, 0.05) is 16.4 Å². The van der Waals surface area contributed by atoms with Gasteiger partial charge in [0.15, 0.2) is 0 Å². The minimum Gasteiger partial charge on any atom is -0.478 e. The average molecular weight is 276 g/mol. The topological polar surface area (TPSA) is 49.3 Å². The minimum atomic E-state index is -0.914. The lowest BCUT2D eigenvalue weighted by molar-refractivity contribution is 0.0696. The van der Waals surface area contributed by atoms with Gasteiger partial charge in [0.2, 0.25) is 0 Å². The molecule has 0 aliphatic rings. The number of rotatable bonds is 3. The molecule has 3 nitrogen and oxygen atoms in total. The molecular formula is C15H14ClNO2. The van der Waals surface area contributed by atoms with E-state index in [0.29, 0.717) is 10.6 Å². The van der Waals surface area contributed by atoms with E-state index in [0.717, 1.165) is 22.5 Å². The maximum atomic E-state index is 10.9. The van der Waals surface area contributed by atoms with Crippen molar-refractivity contribution in [3.63, 3.8) is 0 Å². The van der Waals surface area contributed by atoms with Crippen molar-refractivity contribution in [1.82, 2.24) is 0 Å². The number of halogens is 1. The molecule has 2 aromatic carbocycles. The van der Waals surface area contributed by atoms with E-state index in [9.17, 15) is 4.79 Å². The Labute approximate surface area is 116 Å². The lowest BCUT2D eigenvalue weighted by atomic mass is 10.1. The molecule has 2 aromatic rings. The summed E-state index contributed by atoms with van der Waals surface area (Å²) in [5, 5.41) is 12.9. The van der Waals surface area contributed by atoms with Crippen molar-refractivity contribution in [3.8, 4) is 0 Å². The number of hydrogen-bond acceptors (Lipinski definition) is 2. The quantitative estimate of drug-likeness (QED) is 0.873. The Kier molecular flexibility index (Phi) is 3.76. The van der Waals surface area contributed by atoms with Crippen LogP contribution in [0.15, 0.2) is 36.4 Å². The molecule has 98 valence electrons. The van der Waals surface area contributed by atoms with Gasteiger partial charge in [-0.1, -0.05) is 17.7 Å². The molecule has 0 atom stereocenters. The summed E-state index contributed by atoms with van der Waals surface area (Å²) in [5.41, 5.74) is 3.76. The van der Waals surface area contributed by atoms with Crippen LogP contribution in [0.25, 0.3) is 0 Å². The third-order valence-electron chi connectivity index (χ3n) is 2.92. The first-order chi connectivity index (χ1) is 8.97. The van der Waals surface area contributed by atoms with Crippen LogP contribution in [0.1, 0.15) is 21.5 Å². The van der Waals surface area contributed by atoms with Gasteiger partial charge in [-0.15, -0.1) is 0 Å². The van der Waals surface area contributed by atoms with E-state index >= 15 is 0 Å². The molecule has 0 unspecified atom stereocenters. The van der Waals surface area contributed by atoms with Crippen molar-refractivity contribution >= 4 is 28.9 Å². The Morgan fingerprint density at radius 1 is 1.05 bits per heavy atom. The second kappa shape index (κ2) is 5.33. The first-order valence-corrected chi connectivity index (χ1v) is 6.22. The predicted octanol–water partition coefficient (Wildman–Crippen LogP) is 4.40. The van der Waals surface area contributed by atoms with E-state index in [1.54, 1.807) is 25.1 Å². The Bertz CT molecular complexity index is 638. The fraction of sp³-hybridized carbons (Fsp3) is 0.133. The van der Waals surface area contributed by atoms with E-state index in [-0.39, 0.29) is 0 Å². The molecule has 0 aliphatic carbocycles. The highest BCUT2D eigenvalue weighted by molar-refractivity contribution is 6.31. The number of aryl methyl sites for hydroxylation is 2. The molecule has 4 heteroatoms. The second-order valence-electron chi connectivity index (χ2n) is 4.42. The summed E-state index contributed by atoms with van der Waals surface area (Å²) in [6.45, 7) is 3.72. The van der Waals surface area contributed by atoms with Crippen LogP contribution < -0.4 is 5.32 Å². The first kappa shape index (κ1) is 13.4. The zero-order valence-electron chi connectivity index (χ0n) is 10.7. The van der Waals surface area contributed by atoms with Crippen molar-refractivity contribution in [1.29, 1.82) is 0 Å². The van der Waals surface area contributed by atoms with Crippen LogP contribution in [0.2, 0.25) is 5.02 Å². The van der Waals surface area contributed by atoms with Crippen molar-refractivity contribution in [3.05, 3.63) is 58.1 Å². The molecule has 0 aromatic heterocycles. The molecule has 2 rings (SSSR count). The molecule has 0 bridgehead atoms. The number of aromatic carboxylic acids is 1. The van der Waals surface area contributed by atoms with Crippen LogP contribution in [0.3, 0.4) is 0 Å². The second-order valence-corrected chi connectivity index (χ2v) is 4.83. The summed E-state index contributed by atoms with van der Waals surface area (Å²) in [6.07, 6.45) is 0. The fourth-order valence-corrected chi connectivity index (χ4v) is 2.00. The van der Waals surface area contributed by atoms with E-state index in [4.69, 9.17) is 16.7 Å². The fourth-order valence-electron chi connectivity index (χ4n) is 1.82. The van der Waals surface area contributed by atoms with Crippen molar-refractivity contribution in [2.75, 3.05) is 5.32 Å². The highest BCUT2D eigenvalue weighted by Crippen LogP contribution is 2.24. The largest absolute Gasteiger partial charge is 0.478 e. The summed E-state index contributed by atoms with van der Waals surface area (Å²) in [4.78, 5) is 10.9. The predicted molar refractivity (Wildman–Crippen MR) is 77.6 cm³/mol. The van der Waals surface area contributed by atoms with E-state index in [2.05, 4.69) is 5.32 Å². The van der Waals surface area contributed by atoms with Crippen LogP contribution in [0, 0.1) is 13.8 Å². The Morgan fingerprint density at radius 2 is 1.68 bits per heavy atom. The lowest BCUT2D eigenvalue weighted by Gasteiger charge is -2.10. The van der Waals surface area contributed by atoms with E-state index in [1.807, 2.05) is 25.1 Å². The van der Waals surface area contributed by atoms with Crippen LogP contribution >= 0.6 is 11.6 Å². The van der Waals surface area contributed by atoms with Gasteiger partial charge in [-0.3, -0.25) is 0 Å². The third kappa shape index (κ3) is 3.06. The highest BCUT2D eigenvalue weighted by atomic mass is 35.5. The summed E-state index contributed by atoms with van der Waals surface area (Å²) in [7, 11) is 0. The SMILES string of the molecule is Cc1ccc(Nc2ccc(C(=O)O)c(C)c2)cc1Cl. The standard InChI is InChI=1S/C15H14ClNO2/c1-9-3-4-12(8-14(9)16)17-11-5-6-13(15(18)19)10(2)7-11/h3-8,17H,1-2H3,(H,18,19). The number of hydrogen-bond donors (Lipinski definition) is 2. The number of anilines is 2. The molecule has 0 fully saturated rings. The monoisotopic (exact) mass is 275 g/mol. The maximum absolute atomic E-state index is 10.9. The summed E-state index contributed by atoms with van der Waals surface area (Å²) in [5.74, 6) is -0.914. The van der Waals surface area contributed by atoms with Gasteiger partial charge in [0.1, 0.15) is 0 Å². The number of carboxylic acids is 1. The van der Waals surface area contributed by atoms with Gasteiger partial charge >= 0.3 is 5.97 Å². The van der Waals surface area contributed by atoms with Crippen LogP contribution in [-0.4, -0.2) is 11.1 Å². The molecule has 2 N–H and O–H groups in total. The van der Waals surface area contributed by atoms with Crippen molar-refractivity contribution in [2.45, 2.75) is 13.8 Å². The Morgan fingerprint density at radius 3 is 2.26 bits per heavy atom. The van der Waals surface area contributed by atoms with Crippen LogP contribution in [0.5, 0.6) is 0 Å². The highest BCUT2D eigenvalue weighted by Gasteiger charge is 2.07. The normalized spacial score (nSPS) is 10.3. The van der Waals surface area contributed by atoms with Gasteiger partial charge in [-0.25, -0.2) is 4.79 Å². The van der Waals surface area contributed by atoms with Gasteiger partial charge in [0.25, 0.3) is 0 Å².